The number of rotatable bonds is 3. The Kier molecular flexibility index (Phi) is 2.70. The van der Waals surface area contributed by atoms with Crippen LogP contribution in [0, 0.1) is 0 Å². The zero-order valence-corrected chi connectivity index (χ0v) is 12.1. The summed E-state index contributed by atoms with van der Waals surface area (Å²) in [5, 5.41) is 19.3. The highest BCUT2D eigenvalue weighted by molar-refractivity contribution is 6.26. The van der Waals surface area contributed by atoms with Gasteiger partial charge in [-0.1, -0.05) is 48.5 Å². The van der Waals surface area contributed by atoms with E-state index in [1.54, 1.807) is 6.92 Å². The third-order valence-electron chi connectivity index (χ3n) is 4.25. The van der Waals surface area contributed by atoms with Crippen molar-refractivity contribution in [2.75, 3.05) is 5.32 Å². The van der Waals surface area contributed by atoms with Crippen molar-refractivity contribution in [2.24, 2.45) is 0 Å². The Bertz CT molecular complexity index is 1010. The fourth-order valence-electron chi connectivity index (χ4n) is 3.18. The number of hydrogen-bond donors (Lipinski definition) is 2. The molecule has 0 radical (unpaired) electrons. The minimum Gasteiger partial charge on any atom is -0.480 e. The van der Waals surface area contributed by atoms with Gasteiger partial charge in [0.25, 0.3) is 0 Å². The number of carbonyl (C=O) groups is 1. The van der Waals surface area contributed by atoms with E-state index in [0.29, 0.717) is 0 Å². The summed E-state index contributed by atoms with van der Waals surface area (Å²) in [4.78, 5) is 11.2. The first-order chi connectivity index (χ1) is 10.6. The summed E-state index contributed by atoms with van der Waals surface area (Å²) in [5.74, 6) is -0.856. The van der Waals surface area contributed by atoms with Gasteiger partial charge in [-0.25, -0.2) is 0 Å². The van der Waals surface area contributed by atoms with Crippen molar-refractivity contribution in [1.82, 2.24) is 0 Å². The molecule has 1 atom stereocenters. The van der Waals surface area contributed by atoms with Crippen LogP contribution in [0.2, 0.25) is 0 Å². The van der Waals surface area contributed by atoms with Gasteiger partial charge in [-0.3, -0.25) is 4.79 Å². The average molecular weight is 289 g/mol. The molecular weight excluding hydrogens is 274 g/mol. The molecule has 0 aliphatic carbocycles. The summed E-state index contributed by atoms with van der Waals surface area (Å²) in [6, 6.07) is 18.0. The van der Waals surface area contributed by atoms with Crippen LogP contribution in [0.1, 0.15) is 6.92 Å². The smallest absolute Gasteiger partial charge is 0.325 e. The van der Waals surface area contributed by atoms with Crippen LogP contribution in [0.25, 0.3) is 32.3 Å². The first-order valence-electron chi connectivity index (χ1n) is 7.31. The number of hydrogen-bond acceptors (Lipinski definition) is 2. The summed E-state index contributed by atoms with van der Waals surface area (Å²) >= 11 is 0. The SMILES string of the molecule is C[C@H](Nc1cc2cccc3ccc4cccc1c4c32)C(=O)O. The fourth-order valence-corrected chi connectivity index (χ4v) is 3.18. The van der Waals surface area contributed by atoms with Gasteiger partial charge in [0.05, 0.1) is 0 Å². The van der Waals surface area contributed by atoms with Crippen LogP contribution in [-0.4, -0.2) is 17.1 Å². The van der Waals surface area contributed by atoms with Crippen LogP contribution in [0.15, 0.2) is 54.6 Å². The number of nitrogens with one attached hydrogen (secondary N) is 1. The highest BCUT2D eigenvalue weighted by Crippen LogP contribution is 2.38. The molecule has 0 heterocycles. The number of carboxylic acid groups (broad SMARTS) is 1. The molecule has 4 aromatic rings. The van der Waals surface area contributed by atoms with Gasteiger partial charge in [0, 0.05) is 11.1 Å². The van der Waals surface area contributed by atoms with Gasteiger partial charge in [-0.05, 0) is 39.9 Å². The number of aliphatic carboxylic acids is 1. The van der Waals surface area contributed by atoms with Gasteiger partial charge >= 0.3 is 5.97 Å². The molecule has 3 heteroatoms. The lowest BCUT2D eigenvalue weighted by Crippen LogP contribution is -2.25. The van der Waals surface area contributed by atoms with E-state index in [1.807, 2.05) is 24.3 Å². The Balaban J connectivity index is 2.10. The Morgan fingerprint density at radius 3 is 2.32 bits per heavy atom. The second-order valence-corrected chi connectivity index (χ2v) is 5.68. The summed E-state index contributed by atoms with van der Waals surface area (Å²) < 4.78 is 0. The van der Waals surface area contributed by atoms with Crippen LogP contribution in [0.3, 0.4) is 0 Å². The molecular formula is C19H15NO2. The van der Waals surface area contributed by atoms with E-state index in [0.717, 1.165) is 16.5 Å². The molecule has 108 valence electrons. The van der Waals surface area contributed by atoms with E-state index in [2.05, 4.69) is 35.6 Å². The largest absolute Gasteiger partial charge is 0.480 e. The highest BCUT2D eigenvalue weighted by Gasteiger charge is 2.15. The van der Waals surface area contributed by atoms with Crippen molar-refractivity contribution in [3.05, 3.63) is 54.6 Å². The van der Waals surface area contributed by atoms with Crippen LogP contribution in [-0.2, 0) is 4.79 Å². The van der Waals surface area contributed by atoms with Gasteiger partial charge in [0.1, 0.15) is 6.04 Å². The lowest BCUT2D eigenvalue weighted by molar-refractivity contribution is -0.137. The maximum atomic E-state index is 11.2. The van der Waals surface area contributed by atoms with Gasteiger partial charge in [0.2, 0.25) is 0 Å². The van der Waals surface area contributed by atoms with Crippen molar-refractivity contribution in [3.63, 3.8) is 0 Å². The topological polar surface area (TPSA) is 49.3 Å². The van der Waals surface area contributed by atoms with Crippen LogP contribution >= 0.6 is 0 Å². The molecule has 0 aliphatic rings. The first kappa shape index (κ1) is 12.9. The molecule has 4 rings (SSSR count). The Morgan fingerprint density at radius 2 is 1.59 bits per heavy atom. The van der Waals surface area contributed by atoms with Crippen molar-refractivity contribution in [3.8, 4) is 0 Å². The predicted molar refractivity (Wildman–Crippen MR) is 90.9 cm³/mol. The molecule has 0 bridgehead atoms. The lowest BCUT2D eigenvalue weighted by Gasteiger charge is -2.17. The fraction of sp³-hybridized carbons (Fsp3) is 0.105. The molecule has 0 aromatic heterocycles. The molecule has 4 aromatic carbocycles. The molecule has 0 saturated carbocycles. The molecule has 0 amide bonds. The molecule has 0 saturated heterocycles. The molecule has 2 N–H and O–H groups in total. The minimum absolute atomic E-state index is 0.633. The predicted octanol–water partition coefficient (Wildman–Crippen LogP) is 4.47. The van der Waals surface area contributed by atoms with Gasteiger partial charge < -0.3 is 10.4 Å². The van der Waals surface area contributed by atoms with Crippen molar-refractivity contribution < 1.29 is 9.90 Å². The van der Waals surface area contributed by atoms with E-state index in [9.17, 15) is 4.79 Å². The third kappa shape index (κ3) is 1.79. The average Bonchev–Trinajstić information content (AvgIpc) is 2.53. The standard InChI is InChI=1S/C19H15NO2/c1-11(19(21)22)20-16-10-14-6-2-4-12-8-9-13-5-3-7-15(16)18(13)17(12)14/h2-11,20H,1H3,(H,21,22)/t11-/m0/s1. The lowest BCUT2D eigenvalue weighted by atomic mass is 9.93. The summed E-state index contributed by atoms with van der Waals surface area (Å²) in [6.07, 6.45) is 0. The number of benzene rings is 4. The molecule has 0 aliphatic heterocycles. The van der Waals surface area contributed by atoms with E-state index in [1.165, 1.54) is 21.5 Å². The summed E-state index contributed by atoms with van der Waals surface area (Å²) in [7, 11) is 0. The van der Waals surface area contributed by atoms with Crippen molar-refractivity contribution >= 4 is 44.0 Å². The number of carboxylic acids is 1. The second kappa shape index (κ2) is 4.60. The first-order valence-corrected chi connectivity index (χ1v) is 7.31. The molecule has 3 nitrogen and oxygen atoms in total. The Morgan fingerprint density at radius 1 is 0.955 bits per heavy atom. The molecule has 22 heavy (non-hydrogen) atoms. The maximum Gasteiger partial charge on any atom is 0.325 e. The second-order valence-electron chi connectivity index (χ2n) is 5.68. The Hall–Kier alpha value is -2.81. The zero-order valence-electron chi connectivity index (χ0n) is 12.1. The van der Waals surface area contributed by atoms with Gasteiger partial charge in [-0.15, -0.1) is 0 Å². The van der Waals surface area contributed by atoms with Crippen molar-refractivity contribution in [2.45, 2.75) is 13.0 Å². The normalized spacial score (nSPS) is 13.0. The van der Waals surface area contributed by atoms with Crippen LogP contribution < -0.4 is 5.32 Å². The summed E-state index contributed by atoms with van der Waals surface area (Å²) in [5.41, 5.74) is 0.867. The van der Waals surface area contributed by atoms with E-state index >= 15 is 0 Å². The van der Waals surface area contributed by atoms with E-state index in [4.69, 9.17) is 5.11 Å². The molecule has 0 fully saturated rings. The highest BCUT2D eigenvalue weighted by atomic mass is 16.4. The monoisotopic (exact) mass is 289 g/mol. The van der Waals surface area contributed by atoms with Gasteiger partial charge in [0.15, 0.2) is 0 Å². The molecule has 0 unspecified atom stereocenters. The summed E-state index contributed by atoms with van der Waals surface area (Å²) in [6.45, 7) is 1.66. The van der Waals surface area contributed by atoms with E-state index < -0.39 is 12.0 Å². The van der Waals surface area contributed by atoms with E-state index in [-0.39, 0.29) is 0 Å². The van der Waals surface area contributed by atoms with Crippen LogP contribution in [0.5, 0.6) is 0 Å². The molecule has 0 spiro atoms. The Labute approximate surface area is 127 Å². The zero-order chi connectivity index (χ0) is 15.3. The van der Waals surface area contributed by atoms with Gasteiger partial charge in [-0.2, -0.15) is 0 Å². The minimum atomic E-state index is -0.856. The third-order valence-corrected chi connectivity index (χ3v) is 4.25. The van der Waals surface area contributed by atoms with Crippen molar-refractivity contribution in [1.29, 1.82) is 0 Å². The number of anilines is 1. The quantitative estimate of drug-likeness (QED) is 0.547. The van der Waals surface area contributed by atoms with Crippen LogP contribution in [0.4, 0.5) is 5.69 Å². The maximum absolute atomic E-state index is 11.2.